The molecule has 120 valence electrons. The van der Waals surface area contributed by atoms with E-state index >= 15 is 0 Å². The van der Waals surface area contributed by atoms with Crippen LogP contribution in [0.4, 0.5) is 5.95 Å². The standard InChI is InChI=1S/C18H22N4O/c1-21(14-15-8-4-2-5-9-15)18-19-12-16(13-20-18)17(23)22-10-6-3-7-11-22/h2,4-5,8-9,12-13H,3,6-7,10-11,14H2,1H3. The summed E-state index contributed by atoms with van der Waals surface area (Å²) in [6.45, 7) is 2.42. The largest absolute Gasteiger partial charge is 0.340 e. The Morgan fingerprint density at radius 2 is 1.74 bits per heavy atom. The SMILES string of the molecule is CN(Cc1ccccc1)c1ncc(C(=O)N2CCCCC2)cn1. The third-order valence-electron chi connectivity index (χ3n) is 4.13. The summed E-state index contributed by atoms with van der Waals surface area (Å²) in [6, 6.07) is 10.2. The molecule has 0 radical (unpaired) electrons. The van der Waals surface area contributed by atoms with Crippen LogP contribution < -0.4 is 4.90 Å². The number of nitrogens with zero attached hydrogens (tertiary/aromatic N) is 4. The fourth-order valence-electron chi connectivity index (χ4n) is 2.84. The highest BCUT2D eigenvalue weighted by atomic mass is 16.2. The van der Waals surface area contributed by atoms with Crippen LogP contribution in [0.5, 0.6) is 0 Å². The Hall–Kier alpha value is -2.43. The Labute approximate surface area is 137 Å². The van der Waals surface area contributed by atoms with Gasteiger partial charge in [0.25, 0.3) is 5.91 Å². The van der Waals surface area contributed by atoms with Gasteiger partial charge < -0.3 is 9.80 Å². The first-order valence-electron chi connectivity index (χ1n) is 8.10. The maximum absolute atomic E-state index is 12.4. The molecule has 2 heterocycles. The van der Waals surface area contributed by atoms with Crippen LogP contribution in [0, 0.1) is 0 Å². The molecule has 1 saturated heterocycles. The van der Waals surface area contributed by atoms with Gasteiger partial charge in [0, 0.05) is 39.1 Å². The first kappa shape index (κ1) is 15.5. The summed E-state index contributed by atoms with van der Waals surface area (Å²) in [7, 11) is 1.95. The number of carbonyl (C=O) groups is 1. The summed E-state index contributed by atoms with van der Waals surface area (Å²) in [5.41, 5.74) is 1.77. The number of piperidine rings is 1. The van der Waals surface area contributed by atoms with E-state index in [4.69, 9.17) is 0 Å². The summed E-state index contributed by atoms with van der Waals surface area (Å²) in [5, 5.41) is 0. The zero-order valence-corrected chi connectivity index (χ0v) is 13.5. The van der Waals surface area contributed by atoms with Gasteiger partial charge in [0.05, 0.1) is 5.56 Å². The molecular formula is C18H22N4O. The van der Waals surface area contributed by atoms with E-state index in [0.717, 1.165) is 32.5 Å². The predicted octanol–water partition coefficient (Wildman–Crippen LogP) is 2.74. The van der Waals surface area contributed by atoms with Crippen molar-refractivity contribution >= 4 is 11.9 Å². The van der Waals surface area contributed by atoms with Gasteiger partial charge >= 0.3 is 0 Å². The molecule has 0 atom stereocenters. The van der Waals surface area contributed by atoms with Crippen molar-refractivity contribution in [3.05, 3.63) is 53.9 Å². The van der Waals surface area contributed by atoms with Gasteiger partial charge in [0.2, 0.25) is 5.95 Å². The summed E-state index contributed by atoms with van der Waals surface area (Å²) >= 11 is 0. The summed E-state index contributed by atoms with van der Waals surface area (Å²) < 4.78 is 0. The van der Waals surface area contributed by atoms with E-state index in [1.54, 1.807) is 12.4 Å². The van der Waals surface area contributed by atoms with Crippen LogP contribution >= 0.6 is 0 Å². The van der Waals surface area contributed by atoms with Gasteiger partial charge in [-0.25, -0.2) is 9.97 Å². The van der Waals surface area contributed by atoms with Gasteiger partial charge in [-0.15, -0.1) is 0 Å². The number of benzene rings is 1. The minimum absolute atomic E-state index is 0.0435. The van der Waals surface area contributed by atoms with Crippen molar-refractivity contribution in [2.75, 3.05) is 25.0 Å². The monoisotopic (exact) mass is 310 g/mol. The van der Waals surface area contributed by atoms with Crippen molar-refractivity contribution in [3.8, 4) is 0 Å². The zero-order chi connectivity index (χ0) is 16.1. The number of carbonyl (C=O) groups excluding carboxylic acids is 1. The molecule has 23 heavy (non-hydrogen) atoms. The third kappa shape index (κ3) is 3.86. The van der Waals surface area contributed by atoms with Gasteiger partial charge in [0.1, 0.15) is 0 Å². The van der Waals surface area contributed by atoms with Crippen molar-refractivity contribution in [1.82, 2.24) is 14.9 Å². The van der Waals surface area contributed by atoms with Crippen LogP contribution in [0.1, 0.15) is 35.2 Å². The van der Waals surface area contributed by atoms with Crippen molar-refractivity contribution in [2.45, 2.75) is 25.8 Å². The predicted molar refractivity (Wildman–Crippen MR) is 90.3 cm³/mol. The molecule has 2 aromatic rings. The molecular weight excluding hydrogens is 288 g/mol. The van der Waals surface area contributed by atoms with E-state index in [-0.39, 0.29) is 5.91 Å². The highest BCUT2D eigenvalue weighted by molar-refractivity contribution is 5.93. The van der Waals surface area contributed by atoms with Crippen LogP contribution in [0.3, 0.4) is 0 Å². The van der Waals surface area contributed by atoms with Crippen LogP contribution in [0.25, 0.3) is 0 Å². The second kappa shape index (κ2) is 7.22. The molecule has 0 bridgehead atoms. The lowest BCUT2D eigenvalue weighted by molar-refractivity contribution is 0.0723. The zero-order valence-electron chi connectivity index (χ0n) is 13.5. The molecule has 1 fully saturated rings. The molecule has 1 aliphatic rings. The number of hydrogen-bond acceptors (Lipinski definition) is 4. The second-order valence-corrected chi connectivity index (χ2v) is 5.97. The average Bonchev–Trinajstić information content (AvgIpc) is 2.63. The van der Waals surface area contributed by atoms with Crippen molar-refractivity contribution in [2.24, 2.45) is 0 Å². The molecule has 0 saturated carbocycles. The molecule has 0 N–H and O–H groups in total. The summed E-state index contributed by atoms with van der Waals surface area (Å²) in [4.78, 5) is 25.0. The Morgan fingerprint density at radius 1 is 1.09 bits per heavy atom. The molecule has 3 rings (SSSR count). The molecule has 5 heteroatoms. The Kier molecular flexibility index (Phi) is 4.86. The van der Waals surface area contributed by atoms with Gasteiger partial charge in [-0.1, -0.05) is 30.3 Å². The number of anilines is 1. The first-order chi connectivity index (χ1) is 11.2. The fourth-order valence-corrected chi connectivity index (χ4v) is 2.84. The maximum Gasteiger partial charge on any atom is 0.256 e. The minimum atomic E-state index is 0.0435. The lowest BCUT2D eigenvalue weighted by Crippen LogP contribution is -2.35. The van der Waals surface area contributed by atoms with Crippen molar-refractivity contribution in [1.29, 1.82) is 0 Å². The van der Waals surface area contributed by atoms with Gasteiger partial charge in [-0.05, 0) is 24.8 Å². The highest BCUT2D eigenvalue weighted by Gasteiger charge is 2.19. The Balaban J connectivity index is 1.65. The minimum Gasteiger partial charge on any atom is -0.340 e. The van der Waals surface area contributed by atoms with Crippen molar-refractivity contribution < 1.29 is 4.79 Å². The van der Waals surface area contributed by atoms with Crippen LogP contribution in [-0.4, -0.2) is 40.9 Å². The quantitative estimate of drug-likeness (QED) is 0.871. The lowest BCUT2D eigenvalue weighted by Gasteiger charge is -2.26. The van der Waals surface area contributed by atoms with Crippen LogP contribution in [0.2, 0.25) is 0 Å². The van der Waals surface area contributed by atoms with E-state index in [2.05, 4.69) is 22.1 Å². The van der Waals surface area contributed by atoms with Crippen molar-refractivity contribution in [3.63, 3.8) is 0 Å². The Bertz CT molecular complexity index is 636. The van der Waals surface area contributed by atoms with E-state index in [1.165, 1.54) is 12.0 Å². The van der Waals surface area contributed by atoms with E-state index in [0.29, 0.717) is 11.5 Å². The number of rotatable bonds is 4. The molecule has 1 aliphatic heterocycles. The number of aromatic nitrogens is 2. The fraction of sp³-hybridized carbons (Fsp3) is 0.389. The first-order valence-corrected chi connectivity index (χ1v) is 8.10. The van der Waals surface area contributed by atoms with E-state index in [9.17, 15) is 4.79 Å². The third-order valence-corrected chi connectivity index (χ3v) is 4.13. The molecule has 0 unspecified atom stereocenters. The molecule has 1 aromatic heterocycles. The Morgan fingerprint density at radius 3 is 2.39 bits per heavy atom. The number of amides is 1. The van der Waals surface area contributed by atoms with Crippen LogP contribution in [0.15, 0.2) is 42.7 Å². The topological polar surface area (TPSA) is 49.3 Å². The maximum atomic E-state index is 12.4. The second-order valence-electron chi connectivity index (χ2n) is 5.97. The van der Waals surface area contributed by atoms with Crippen LogP contribution in [-0.2, 0) is 6.54 Å². The number of likely N-dealkylation sites (tertiary alicyclic amines) is 1. The molecule has 5 nitrogen and oxygen atoms in total. The molecule has 1 amide bonds. The highest BCUT2D eigenvalue weighted by Crippen LogP contribution is 2.14. The van der Waals surface area contributed by atoms with Gasteiger partial charge in [0.15, 0.2) is 0 Å². The normalized spacial score (nSPS) is 14.6. The lowest BCUT2D eigenvalue weighted by atomic mass is 10.1. The average molecular weight is 310 g/mol. The molecule has 1 aromatic carbocycles. The van der Waals surface area contributed by atoms with Gasteiger partial charge in [-0.3, -0.25) is 4.79 Å². The molecule has 0 spiro atoms. The van der Waals surface area contributed by atoms with E-state index < -0.39 is 0 Å². The summed E-state index contributed by atoms with van der Waals surface area (Å²) in [5.74, 6) is 0.672. The molecule has 0 aliphatic carbocycles. The van der Waals surface area contributed by atoms with Gasteiger partial charge in [-0.2, -0.15) is 0 Å². The smallest absolute Gasteiger partial charge is 0.256 e. The number of hydrogen-bond donors (Lipinski definition) is 0. The van der Waals surface area contributed by atoms with E-state index in [1.807, 2.05) is 35.0 Å². The summed E-state index contributed by atoms with van der Waals surface area (Å²) in [6.07, 6.45) is 6.67.